The highest BCUT2D eigenvalue weighted by Gasteiger charge is 2.47. The normalized spacial score (nSPS) is 15.4. The second-order valence-electron chi connectivity index (χ2n) is 11.0. The zero-order chi connectivity index (χ0) is 33.4. The van der Waals surface area contributed by atoms with Gasteiger partial charge in [0.1, 0.15) is 26.1 Å². The van der Waals surface area contributed by atoms with Crippen LogP contribution in [0.2, 0.25) is 10.0 Å². The topological polar surface area (TPSA) is 131 Å². The van der Waals surface area contributed by atoms with Crippen molar-refractivity contribution in [2.45, 2.75) is 38.5 Å². The summed E-state index contributed by atoms with van der Waals surface area (Å²) in [7, 11) is 0. The van der Waals surface area contributed by atoms with Crippen LogP contribution >= 0.6 is 23.2 Å². The van der Waals surface area contributed by atoms with Gasteiger partial charge in [-0.05, 0) is 44.4 Å². The average Bonchev–Trinajstić information content (AvgIpc) is 3.28. The second kappa shape index (κ2) is 15.4. The fourth-order valence-electron chi connectivity index (χ4n) is 5.32. The molecule has 10 nitrogen and oxygen atoms in total. The minimum atomic E-state index is -0.938. The maximum Gasteiger partial charge on any atom is 0.333 e. The number of esters is 3. The van der Waals surface area contributed by atoms with Gasteiger partial charge in [-0.25, -0.2) is 19.6 Å². The van der Waals surface area contributed by atoms with E-state index in [4.69, 9.17) is 52.1 Å². The van der Waals surface area contributed by atoms with Crippen molar-refractivity contribution >= 4 is 58.4 Å². The molecule has 0 spiro atoms. The molecule has 0 radical (unpaired) electrons. The van der Waals surface area contributed by atoms with Gasteiger partial charge >= 0.3 is 17.9 Å². The Morgan fingerprint density at radius 3 is 2.11 bits per heavy atom. The van der Waals surface area contributed by atoms with Crippen LogP contribution in [0.1, 0.15) is 44.4 Å². The summed E-state index contributed by atoms with van der Waals surface area (Å²) in [5, 5.41) is 0.650. The Kier molecular flexibility index (Phi) is 11.7. The van der Waals surface area contributed by atoms with Gasteiger partial charge in [0.05, 0.1) is 45.7 Å². The number of aldehydes is 1. The smallest absolute Gasteiger partial charge is 0.333 e. The van der Waals surface area contributed by atoms with Gasteiger partial charge in [0.2, 0.25) is 0 Å². The standard InChI is InChI=1S/C34H34Cl2N2O8/c1-20(2)32(41)45-12-11-43-19-22(18-39)17-34(10-9-29(40)44-13-14-46-33(42)21(3)4)24-8-6-5-7-23(24)30-31(34)38-28-16-26(36)25(35)15-27(28)37-30/h5-8,15-16,18,22H,1,3,9-14,17,19H2,2,4H3. The average molecular weight is 670 g/mol. The number of aromatic nitrogens is 2. The zero-order valence-electron chi connectivity index (χ0n) is 25.6. The summed E-state index contributed by atoms with van der Waals surface area (Å²) in [5.74, 6) is -2.24. The summed E-state index contributed by atoms with van der Waals surface area (Å²) in [6, 6.07) is 10.9. The lowest BCUT2D eigenvalue weighted by atomic mass is 9.71. The van der Waals surface area contributed by atoms with E-state index in [1.54, 1.807) is 19.1 Å². The maximum atomic E-state index is 13.0. The molecule has 242 valence electrons. The molecule has 0 amide bonds. The predicted molar refractivity (Wildman–Crippen MR) is 173 cm³/mol. The van der Waals surface area contributed by atoms with Crippen molar-refractivity contribution in [3.05, 3.63) is 82.0 Å². The Bertz CT molecular complexity index is 1690. The van der Waals surface area contributed by atoms with E-state index in [1.807, 2.05) is 24.3 Å². The highest BCUT2D eigenvalue weighted by atomic mass is 35.5. The quantitative estimate of drug-likeness (QED) is 0.0590. The van der Waals surface area contributed by atoms with Crippen LogP contribution in [0.15, 0.2) is 60.7 Å². The Balaban J connectivity index is 1.63. The Labute approximate surface area is 276 Å². The van der Waals surface area contributed by atoms with Crippen LogP contribution in [0.4, 0.5) is 0 Å². The molecule has 0 bridgehead atoms. The predicted octanol–water partition coefficient (Wildman–Crippen LogP) is 5.99. The molecule has 1 aliphatic rings. The van der Waals surface area contributed by atoms with Crippen LogP contribution in [-0.2, 0) is 43.5 Å². The van der Waals surface area contributed by atoms with Crippen molar-refractivity contribution in [2.24, 2.45) is 5.92 Å². The lowest BCUT2D eigenvalue weighted by molar-refractivity contribution is -0.150. The molecule has 3 aromatic rings. The number of carbonyl (C=O) groups excluding carboxylic acids is 4. The number of hydrogen-bond acceptors (Lipinski definition) is 10. The zero-order valence-corrected chi connectivity index (χ0v) is 27.1. The lowest BCUT2D eigenvalue weighted by Gasteiger charge is -2.33. The van der Waals surface area contributed by atoms with E-state index in [0.29, 0.717) is 32.5 Å². The Hall–Kier alpha value is -4.12. The van der Waals surface area contributed by atoms with Gasteiger partial charge in [0.15, 0.2) is 0 Å². The number of fused-ring (bicyclic) bond motifs is 4. The SMILES string of the molecule is C=C(C)C(=O)OCCOCC(C=O)CC1(CCC(=O)OCCOC(=O)C(=C)C)c2ccccc2-c2nc3cc(Cl)c(Cl)cc3nc21. The monoisotopic (exact) mass is 668 g/mol. The fraction of sp³-hybridized carbons (Fsp3) is 0.353. The maximum absolute atomic E-state index is 13.0. The molecule has 12 heteroatoms. The van der Waals surface area contributed by atoms with Crippen LogP contribution in [-0.4, -0.2) is 67.2 Å². The molecule has 0 saturated heterocycles. The number of halogens is 2. The first kappa shape index (κ1) is 34.7. The fourth-order valence-corrected chi connectivity index (χ4v) is 5.63. The molecule has 2 unspecified atom stereocenters. The molecule has 2 atom stereocenters. The first-order valence-electron chi connectivity index (χ1n) is 14.6. The number of benzene rings is 2. The highest BCUT2D eigenvalue weighted by molar-refractivity contribution is 6.42. The number of carbonyl (C=O) groups is 4. The molecule has 0 aliphatic heterocycles. The summed E-state index contributed by atoms with van der Waals surface area (Å²) in [4.78, 5) is 58.6. The van der Waals surface area contributed by atoms with Gasteiger partial charge in [0.25, 0.3) is 0 Å². The van der Waals surface area contributed by atoms with E-state index >= 15 is 0 Å². The van der Waals surface area contributed by atoms with E-state index in [0.717, 1.165) is 17.4 Å². The summed E-state index contributed by atoms with van der Waals surface area (Å²) < 4.78 is 21.2. The molecule has 4 rings (SSSR count). The van der Waals surface area contributed by atoms with Crippen molar-refractivity contribution in [3.8, 4) is 11.3 Å². The van der Waals surface area contributed by atoms with Crippen molar-refractivity contribution in [3.63, 3.8) is 0 Å². The lowest BCUT2D eigenvalue weighted by Crippen LogP contribution is -2.33. The molecule has 0 N–H and O–H groups in total. The summed E-state index contributed by atoms with van der Waals surface area (Å²) in [6.45, 7) is 10.0. The molecular formula is C34H34Cl2N2O8. The van der Waals surface area contributed by atoms with E-state index < -0.39 is 29.2 Å². The molecule has 0 fully saturated rings. The Morgan fingerprint density at radius 1 is 0.891 bits per heavy atom. The first-order chi connectivity index (χ1) is 22.0. The Morgan fingerprint density at radius 2 is 1.48 bits per heavy atom. The molecule has 2 aromatic carbocycles. The van der Waals surface area contributed by atoms with E-state index in [2.05, 4.69) is 13.2 Å². The van der Waals surface area contributed by atoms with Crippen LogP contribution in [0.3, 0.4) is 0 Å². The van der Waals surface area contributed by atoms with Crippen molar-refractivity contribution in [2.75, 3.05) is 33.0 Å². The highest BCUT2D eigenvalue weighted by Crippen LogP contribution is 2.53. The third-order valence-corrected chi connectivity index (χ3v) is 8.21. The number of ether oxygens (including phenoxy) is 4. The molecule has 1 aliphatic carbocycles. The molecule has 46 heavy (non-hydrogen) atoms. The van der Waals surface area contributed by atoms with Gasteiger partial charge < -0.3 is 23.7 Å². The van der Waals surface area contributed by atoms with E-state index in [1.165, 1.54) is 6.92 Å². The summed E-state index contributed by atoms with van der Waals surface area (Å²) in [6.07, 6.45) is 1.23. The second-order valence-corrected chi connectivity index (χ2v) is 11.8. The minimum Gasteiger partial charge on any atom is -0.462 e. The summed E-state index contributed by atoms with van der Waals surface area (Å²) >= 11 is 12.6. The third kappa shape index (κ3) is 7.99. The number of nitrogens with zero attached hydrogens (tertiary/aromatic N) is 2. The van der Waals surface area contributed by atoms with Crippen LogP contribution in [0.25, 0.3) is 22.3 Å². The van der Waals surface area contributed by atoms with Crippen LogP contribution in [0, 0.1) is 5.92 Å². The van der Waals surface area contributed by atoms with Crippen LogP contribution < -0.4 is 0 Å². The third-order valence-electron chi connectivity index (χ3n) is 7.49. The molecular weight excluding hydrogens is 635 g/mol. The van der Waals surface area contributed by atoms with Gasteiger partial charge in [-0.2, -0.15) is 0 Å². The van der Waals surface area contributed by atoms with Crippen molar-refractivity contribution < 1.29 is 38.1 Å². The van der Waals surface area contributed by atoms with Crippen molar-refractivity contribution in [1.82, 2.24) is 9.97 Å². The van der Waals surface area contributed by atoms with E-state index in [9.17, 15) is 19.2 Å². The number of hydrogen-bond donors (Lipinski definition) is 0. The van der Waals surface area contributed by atoms with E-state index in [-0.39, 0.29) is 63.4 Å². The molecule has 0 saturated carbocycles. The molecule has 1 aromatic heterocycles. The number of rotatable bonds is 16. The molecule has 1 heterocycles. The van der Waals surface area contributed by atoms with Gasteiger partial charge in [-0.3, -0.25) is 4.79 Å². The van der Waals surface area contributed by atoms with Crippen molar-refractivity contribution in [1.29, 1.82) is 0 Å². The minimum absolute atomic E-state index is 0.00237. The van der Waals surface area contributed by atoms with Gasteiger partial charge in [-0.15, -0.1) is 0 Å². The summed E-state index contributed by atoms with van der Waals surface area (Å²) in [5.41, 5.74) is 3.49. The van der Waals surface area contributed by atoms with Gasteiger partial charge in [0, 0.05) is 34.5 Å². The van der Waals surface area contributed by atoms with Gasteiger partial charge in [-0.1, -0.05) is 60.6 Å². The largest absolute Gasteiger partial charge is 0.462 e. The van der Waals surface area contributed by atoms with Crippen LogP contribution in [0.5, 0.6) is 0 Å². The first-order valence-corrected chi connectivity index (χ1v) is 15.3.